The molecule has 2 aromatic carbocycles. The van der Waals surface area contributed by atoms with Gasteiger partial charge in [0.2, 0.25) is 0 Å². The molecule has 0 aromatic heterocycles. The maximum absolute atomic E-state index is 6.18. The van der Waals surface area contributed by atoms with Crippen LogP contribution in [0.25, 0.3) is 0 Å². The van der Waals surface area contributed by atoms with Gasteiger partial charge >= 0.3 is 0 Å². The number of likely N-dealkylation sites (tertiary alicyclic amines) is 1. The average Bonchev–Trinajstić information content (AvgIpc) is 3.10. The van der Waals surface area contributed by atoms with E-state index < -0.39 is 0 Å². The Morgan fingerprint density at radius 3 is 2.54 bits per heavy atom. The third-order valence-corrected chi connectivity index (χ3v) is 5.69. The molecule has 1 heterocycles. The van der Waals surface area contributed by atoms with Crippen molar-refractivity contribution in [2.24, 2.45) is 0 Å². The van der Waals surface area contributed by atoms with Gasteiger partial charge in [-0.1, -0.05) is 48.3 Å². The number of benzene rings is 2. The van der Waals surface area contributed by atoms with Gasteiger partial charge in [-0.2, -0.15) is 0 Å². The molecule has 26 heavy (non-hydrogen) atoms. The highest BCUT2D eigenvalue weighted by Gasteiger charge is 2.21. The fourth-order valence-corrected chi connectivity index (χ4v) is 3.96. The van der Waals surface area contributed by atoms with Crippen LogP contribution >= 0.6 is 23.2 Å². The molecule has 0 saturated carbocycles. The highest BCUT2D eigenvalue weighted by molar-refractivity contribution is 6.35. The van der Waals surface area contributed by atoms with Gasteiger partial charge in [0.1, 0.15) is 12.4 Å². The Morgan fingerprint density at radius 1 is 1.12 bits per heavy atom. The van der Waals surface area contributed by atoms with Gasteiger partial charge in [0.15, 0.2) is 0 Å². The Bertz CT molecular complexity index is 685. The minimum atomic E-state index is 0.366. The van der Waals surface area contributed by atoms with Crippen LogP contribution in [0, 0.1) is 0 Å². The average molecular weight is 393 g/mol. The number of ether oxygens (including phenoxy) is 1. The zero-order valence-corrected chi connectivity index (χ0v) is 16.7. The molecule has 1 atom stereocenters. The van der Waals surface area contributed by atoms with Crippen molar-refractivity contribution in [3.63, 3.8) is 0 Å². The van der Waals surface area contributed by atoms with Crippen molar-refractivity contribution in [1.29, 1.82) is 0 Å². The molecule has 0 bridgehead atoms. The fourth-order valence-electron chi connectivity index (χ4n) is 3.46. The van der Waals surface area contributed by atoms with Crippen LogP contribution in [0.5, 0.6) is 5.75 Å². The first kappa shape index (κ1) is 19.5. The van der Waals surface area contributed by atoms with E-state index in [1.807, 2.05) is 30.3 Å². The Balaban J connectivity index is 1.46. The van der Waals surface area contributed by atoms with Gasteiger partial charge < -0.3 is 10.1 Å². The monoisotopic (exact) mass is 392 g/mol. The van der Waals surface area contributed by atoms with E-state index >= 15 is 0 Å². The molecular weight excluding hydrogens is 367 g/mol. The zero-order chi connectivity index (χ0) is 18.4. The number of halogens is 2. The molecule has 3 nitrogen and oxygen atoms in total. The first-order valence-corrected chi connectivity index (χ1v) is 10.0. The third kappa shape index (κ3) is 5.14. The molecule has 1 aliphatic rings. The van der Waals surface area contributed by atoms with Gasteiger partial charge in [0.25, 0.3) is 0 Å². The standard InChI is InChI=1S/C21H26Cl2N2O/c1-2-25-12-4-5-17(25)14-24-13-16-8-10-18(11-9-16)26-15-19-20(22)6-3-7-21(19)23/h3,6-11,17,24H,2,4-5,12-15H2,1H3/t17-/m0/s1. The summed E-state index contributed by atoms with van der Waals surface area (Å²) in [6, 6.07) is 14.4. The second kappa shape index (κ2) is 9.61. The van der Waals surface area contributed by atoms with Gasteiger partial charge in [0.05, 0.1) is 0 Å². The molecule has 5 heteroatoms. The fraction of sp³-hybridized carbons (Fsp3) is 0.429. The zero-order valence-electron chi connectivity index (χ0n) is 15.2. The summed E-state index contributed by atoms with van der Waals surface area (Å²) in [5.74, 6) is 0.817. The van der Waals surface area contributed by atoms with Crippen LogP contribution in [0.1, 0.15) is 30.9 Å². The summed E-state index contributed by atoms with van der Waals surface area (Å²) in [4.78, 5) is 2.56. The molecule has 2 aromatic rings. The second-order valence-electron chi connectivity index (χ2n) is 6.69. The molecule has 1 N–H and O–H groups in total. The summed E-state index contributed by atoms with van der Waals surface area (Å²) in [5.41, 5.74) is 2.08. The lowest BCUT2D eigenvalue weighted by atomic mass is 10.2. The van der Waals surface area contributed by atoms with E-state index in [1.54, 1.807) is 0 Å². The summed E-state index contributed by atoms with van der Waals surface area (Å²) in [6.45, 7) is 6.93. The minimum Gasteiger partial charge on any atom is -0.489 e. The van der Waals surface area contributed by atoms with Gasteiger partial charge in [-0.05, 0) is 55.8 Å². The van der Waals surface area contributed by atoms with E-state index in [4.69, 9.17) is 27.9 Å². The number of nitrogens with zero attached hydrogens (tertiary/aromatic N) is 1. The Morgan fingerprint density at radius 2 is 1.85 bits per heavy atom. The number of hydrogen-bond donors (Lipinski definition) is 1. The van der Waals surface area contributed by atoms with Crippen molar-refractivity contribution in [2.75, 3.05) is 19.6 Å². The van der Waals surface area contributed by atoms with Gasteiger partial charge in [0, 0.05) is 34.7 Å². The van der Waals surface area contributed by atoms with Crippen molar-refractivity contribution in [3.05, 3.63) is 63.6 Å². The van der Waals surface area contributed by atoms with Gasteiger partial charge in [-0.25, -0.2) is 0 Å². The van der Waals surface area contributed by atoms with Gasteiger partial charge in [-0.15, -0.1) is 0 Å². The topological polar surface area (TPSA) is 24.5 Å². The molecule has 0 spiro atoms. The first-order chi connectivity index (χ1) is 12.7. The predicted octanol–water partition coefficient (Wildman–Crippen LogP) is 5.15. The molecule has 3 rings (SSSR count). The SMILES string of the molecule is CCN1CCC[C@H]1CNCc1ccc(OCc2c(Cl)cccc2Cl)cc1. The van der Waals surface area contributed by atoms with E-state index in [0.717, 1.165) is 30.9 Å². The minimum absolute atomic E-state index is 0.366. The van der Waals surface area contributed by atoms with Crippen molar-refractivity contribution >= 4 is 23.2 Å². The van der Waals surface area contributed by atoms with Crippen molar-refractivity contribution < 1.29 is 4.74 Å². The van der Waals surface area contributed by atoms with E-state index in [9.17, 15) is 0 Å². The number of hydrogen-bond acceptors (Lipinski definition) is 3. The molecule has 1 saturated heterocycles. The van der Waals surface area contributed by atoms with Crippen LogP contribution in [-0.4, -0.2) is 30.6 Å². The Labute approximate surface area is 166 Å². The Hall–Kier alpha value is -1.26. The molecule has 0 unspecified atom stereocenters. The lowest BCUT2D eigenvalue weighted by Gasteiger charge is -2.23. The molecule has 0 amide bonds. The summed E-state index contributed by atoms with van der Waals surface area (Å²) in [6.07, 6.45) is 2.62. The maximum atomic E-state index is 6.18. The van der Waals surface area contributed by atoms with Gasteiger partial charge in [-0.3, -0.25) is 4.90 Å². The summed E-state index contributed by atoms with van der Waals surface area (Å²) < 4.78 is 5.83. The van der Waals surface area contributed by atoms with E-state index in [2.05, 4.69) is 29.3 Å². The lowest BCUT2D eigenvalue weighted by molar-refractivity contribution is 0.260. The van der Waals surface area contributed by atoms with E-state index in [-0.39, 0.29) is 0 Å². The number of likely N-dealkylation sites (N-methyl/N-ethyl adjacent to an activating group) is 1. The van der Waals surface area contributed by atoms with Crippen LogP contribution < -0.4 is 10.1 Å². The second-order valence-corrected chi connectivity index (χ2v) is 7.50. The number of nitrogens with one attached hydrogen (secondary N) is 1. The van der Waals surface area contributed by atoms with Crippen LogP contribution in [0.2, 0.25) is 10.0 Å². The Kier molecular flexibility index (Phi) is 7.21. The molecule has 140 valence electrons. The molecule has 0 radical (unpaired) electrons. The summed E-state index contributed by atoms with van der Waals surface area (Å²) in [5, 5.41) is 4.84. The first-order valence-electron chi connectivity index (χ1n) is 9.26. The van der Waals surface area contributed by atoms with Crippen LogP contribution in [-0.2, 0) is 13.2 Å². The highest BCUT2D eigenvalue weighted by atomic mass is 35.5. The molecule has 1 fully saturated rings. The van der Waals surface area contributed by atoms with Crippen LogP contribution in [0.4, 0.5) is 0 Å². The lowest BCUT2D eigenvalue weighted by Crippen LogP contribution is -2.37. The van der Waals surface area contributed by atoms with Crippen LogP contribution in [0.15, 0.2) is 42.5 Å². The van der Waals surface area contributed by atoms with E-state index in [1.165, 1.54) is 24.9 Å². The predicted molar refractivity (Wildman–Crippen MR) is 109 cm³/mol. The van der Waals surface area contributed by atoms with Crippen LogP contribution in [0.3, 0.4) is 0 Å². The highest BCUT2D eigenvalue weighted by Crippen LogP contribution is 2.26. The van der Waals surface area contributed by atoms with Crippen molar-refractivity contribution in [1.82, 2.24) is 10.2 Å². The van der Waals surface area contributed by atoms with Crippen molar-refractivity contribution in [3.8, 4) is 5.75 Å². The normalized spacial score (nSPS) is 17.6. The summed E-state index contributed by atoms with van der Waals surface area (Å²) in [7, 11) is 0. The largest absolute Gasteiger partial charge is 0.489 e. The quantitative estimate of drug-likeness (QED) is 0.672. The smallest absolute Gasteiger partial charge is 0.119 e. The molecular formula is C21H26Cl2N2O. The van der Waals surface area contributed by atoms with E-state index in [0.29, 0.717) is 22.7 Å². The maximum Gasteiger partial charge on any atom is 0.119 e. The molecule has 0 aliphatic carbocycles. The summed E-state index contributed by atoms with van der Waals surface area (Å²) >= 11 is 12.4. The third-order valence-electron chi connectivity index (χ3n) is 4.98. The molecule has 1 aliphatic heterocycles. The number of rotatable bonds is 8. The van der Waals surface area contributed by atoms with Crippen molar-refractivity contribution in [2.45, 2.75) is 39.0 Å².